The van der Waals surface area contributed by atoms with Crippen LogP contribution in [-0.4, -0.2) is 35.4 Å². The molecule has 0 aromatic rings. The van der Waals surface area contributed by atoms with Crippen molar-refractivity contribution in [3.63, 3.8) is 0 Å². The zero-order valence-electron chi connectivity index (χ0n) is 14.0. The van der Waals surface area contributed by atoms with E-state index in [1.165, 1.54) is 0 Å². The van der Waals surface area contributed by atoms with E-state index in [2.05, 4.69) is 0 Å². The second kappa shape index (κ2) is 4.31. The molecule has 6 aliphatic rings. The molecule has 5 nitrogen and oxygen atoms in total. The number of ether oxygens (including phenoxy) is 2. The first-order valence-electron chi connectivity index (χ1n) is 8.90. The van der Waals surface area contributed by atoms with Crippen LogP contribution < -0.4 is 0 Å². The number of hydrogen-bond acceptors (Lipinski definition) is 5. The third-order valence-electron chi connectivity index (χ3n) is 7.21. The molecule has 1 saturated carbocycles. The maximum absolute atomic E-state index is 13.1. The summed E-state index contributed by atoms with van der Waals surface area (Å²) in [6.45, 7) is 4.38. The maximum Gasteiger partial charge on any atom is 0.334 e. The molecule has 0 amide bonds. The van der Waals surface area contributed by atoms with Gasteiger partial charge in [-0.3, -0.25) is 4.79 Å². The number of rotatable bonds is 0. The summed E-state index contributed by atoms with van der Waals surface area (Å²) >= 11 is 0. The molecule has 3 heterocycles. The minimum atomic E-state index is -1.15. The molecule has 3 aliphatic carbocycles. The lowest BCUT2D eigenvalue weighted by Gasteiger charge is -2.44. The third kappa shape index (κ3) is 1.46. The van der Waals surface area contributed by atoms with E-state index in [9.17, 15) is 14.7 Å². The molecule has 0 radical (unpaired) electrons. The fraction of sp³-hybridized carbons (Fsp3) is 0.684. The predicted molar refractivity (Wildman–Crippen MR) is 83.6 cm³/mol. The summed E-state index contributed by atoms with van der Waals surface area (Å²) in [5.41, 5.74) is 0.628. The van der Waals surface area contributed by atoms with Crippen molar-refractivity contribution in [3.05, 3.63) is 22.8 Å². The number of cyclic esters (lactones) is 1. The summed E-state index contributed by atoms with van der Waals surface area (Å²) in [5, 5.41) is 11.6. The number of carbonyl (C=O) groups is 2. The summed E-state index contributed by atoms with van der Waals surface area (Å²) in [5.74, 6) is -0.543. The van der Waals surface area contributed by atoms with E-state index in [4.69, 9.17) is 9.47 Å². The first-order valence-corrected chi connectivity index (χ1v) is 8.90. The molecule has 3 fully saturated rings. The topological polar surface area (TPSA) is 72.8 Å². The van der Waals surface area contributed by atoms with Crippen LogP contribution in [0.15, 0.2) is 22.8 Å². The summed E-state index contributed by atoms with van der Waals surface area (Å²) in [6, 6.07) is 0. The molecule has 2 saturated heterocycles. The quantitative estimate of drug-likeness (QED) is 0.542. The second-order valence-corrected chi connectivity index (χ2v) is 8.25. The number of aliphatic hydroxyl groups is 1. The van der Waals surface area contributed by atoms with Crippen molar-refractivity contribution in [2.75, 3.05) is 6.61 Å². The average molecular weight is 330 g/mol. The van der Waals surface area contributed by atoms with Crippen LogP contribution in [0.2, 0.25) is 0 Å². The van der Waals surface area contributed by atoms with E-state index in [1.54, 1.807) is 0 Å². The van der Waals surface area contributed by atoms with Crippen molar-refractivity contribution in [1.82, 2.24) is 0 Å². The molecule has 1 spiro atoms. The van der Waals surface area contributed by atoms with Crippen LogP contribution in [-0.2, 0) is 19.1 Å². The molecule has 3 unspecified atom stereocenters. The highest BCUT2D eigenvalue weighted by Gasteiger charge is 2.71. The van der Waals surface area contributed by atoms with Gasteiger partial charge in [-0.05, 0) is 39.5 Å². The fourth-order valence-corrected chi connectivity index (χ4v) is 6.10. The first kappa shape index (κ1) is 14.7. The van der Waals surface area contributed by atoms with Crippen LogP contribution >= 0.6 is 0 Å². The molecule has 128 valence electrons. The van der Waals surface area contributed by atoms with Crippen molar-refractivity contribution >= 4 is 11.9 Å². The smallest absolute Gasteiger partial charge is 0.334 e. The van der Waals surface area contributed by atoms with Crippen molar-refractivity contribution in [3.8, 4) is 0 Å². The van der Waals surface area contributed by atoms with Crippen molar-refractivity contribution in [2.45, 2.75) is 51.2 Å². The Morgan fingerprint density at radius 2 is 2.08 bits per heavy atom. The van der Waals surface area contributed by atoms with Crippen LogP contribution in [0.5, 0.6) is 0 Å². The van der Waals surface area contributed by atoms with Gasteiger partial charge in [0.1, 0.15) is 11.5 Å². The van der Waals surface area contributed by atoms with Gasteiger partial charge in [-0.1, -0.05) is 17.2 Å². The van der Waals surface area contributed by atoms with Gasteiger partial charge in [-0.15, -0.1) is 0 Å². The van der Waals surface area contributed by atoms with Gasteiger partial charge >= 0.3 is 11.9 Å². The second-order valence-electron chi connectivity index (χ2n) is 8.25. The Morgan fingerprint density at radius 1 is 1.29 bits per heavy atom. The lowest BCUT2D eigenvalue weighted by Crippen LogP contribution is -2.53. The molecular formula is C19H22O5. The Kier molecular flexibility index (Phi) is 2.64. The standard InChI is InChI=1S/C19H22O5/c1-9-5-19-14-4-3-11-8-23-16(20)15(11)13(14)7-18(19,22)6-12(9)10(2)24-17(19)21/h5,10-12,14,22H,3-4,6-8H2,1-2H3/t10-,11?,12?,14?,18-,19-/m1/s1. The van der Waals surface area contributed by atoms with Crippen molar-refractivity contribution < 1.29 is 24.2 Å². The van der Waals surface area contributed by atoms with E-state index >= 15 is 0 Å². The average Bonchev–Trinajstić information content (AvgIpc) is 2.97. The number of esters is 2. The van der Waals surface area contributed by atoms with Crippen LogP contribution in [0.1, 0.15) is 39.5 Å². The van der Waals surface area contributed by atoms with Crippen molar-refractivity contribution in [1.29, 1.82) is 0 Å². The van der Waals surface area contributed by atoms with Crippen LogP contribution in [0, 0.1) is 23.2 Å². The molecule has 24 heavy (non-hydrogen) atoms. The van der Waals surface area contributed by atoms with Gasteiger partial charge in [0.15, 0.2) is 0 Å². The van der Waals surface area contributed by atoms with Crippen LogP contribution in [0.25, 0.3) is 0 Å². The summed E-state index contributed by atoms with van der Waals surface area (Å²) in [7, 11) is 0. The predicted octanol–water partition coefficient (Wildman–Crippen LogP) is 1.90. The highest BCUT2D eigenvalue weighted by atomic mass is 16.5. The highest BCUT2D eigenvalue weighted by Crippen LogP contribution is 2.66. The zero-order chi connectivity index (χ0) is 16.9. The Bertz CT molecular complexity index is 734. The molecule has 0 aromatic heterocycles. The van der Waals surface area contributed by atoms with E-state index in [1.807, 2.05) is 19.9 Å². The Morgan fingerprint density at radius 3 is 2.88 bits per heavy atom. The van der Waals surface area contributed by atoms with Gasteiger partial charge in [0, 0.05) is 23.3 Å². The van der Waals surface area contributed by atoms with Gasteiger partial charge in [0.05, 0.1) is 12.2 Å². The number of carbonyl (C=O) groups excluding carboxylic acids is 2. The van der Waals surface area contributed by atoms with E-state index in [0.29, 0.717) is 19.4 Å². The summed E-state index contributed by atoms with van der Waals surface area (Å²) in [4.78, 5) is 25.3. The Labute approximate surface area is 140 Å². The van der Waals surface area contributed by atoms with Crippen LogP contribution in [0.3, 0.4) is 0 Å². The van der Waals surface area contributed by atoms with E-state index in [-0.39, 0.29) is 35.8 Å². The van der Waals surface area contributed by atoms with E-state index in [0.717, 1.165) is 29.6 Å². The molecule has 0 aromatic carbocycles. The van der Waals surface area contributed by atoms with E-state index < -0.39 is 11.0 Å². The van der Waals surface area contributed by atoms with Gasteiger partial charge in [0.2, 0.25) is 0 Å². The van der Waals surface area contributed by atoms with Gasteiger partial charge in [-0.25, -0.2) is 4.79 Å². The molecule has 2 bridgehead atoms. The van der Waals surface area contributed by atoms with Gasteiger partial charge < -0.3 is 14.6 Å². The SMILES string of the molecule is CC1=C[C@@]23C(=O)O[C@H](C)C1C[C@@]2(O)CC1=C2C(=O)OCC2CCC13. The number of hydrogen-bond donors (Lipinski definition) is 1. The van der Waals surface area contributed by atoms with Gasteiger partial charge in [-0.2, -0.15) is 0 Å². The third-order valence-corrected chi connectivity index (χ3v) is 7.21. The zero-order valence-corrected chi connectivity index (χ0v) is 14.0. The summed E-state index contributed by atoms with van der Waals surface area (Å²) < 4.78 is 11.0. The minimum absolute atomic E-state index is 0.0478. The highest BCUT2D eigenvalue weighted by molar-refractivity contribution is 5.94. The lowest BCUT2D eigenvalue weighted by atomic mass is 9.59. The lowest BCUT2D eigenvalue weighted by molar-refractivity contribution is -0.167. The Balaban J connectivity index is 1.75. The normalized spacial score (nSPS) is 49.0. The maximum atomic E-state index is 13.1. The van der Waals surface area contributed by atoms with Gasteiger partial charge in [0.25, 0.3) is 0 Å². The summed E-state index contributed by atoms with van der Waals surface area (Å²) in [6.07, 6.45) is 4.29. The Hall–Kier alpha value is -1.62. The molecule has 5 heteroatoms. The molecule has 3 aliphatic heterocycles. The van der Waals surface area contributed by atoms with Crippen LogP contribution in [0.4, 0.5) is 0 Å². The monoisotopic (exact) mass is 330 g/mol. The molecule has 6 rings (SSSR count). The largest absolute Gasteiger partial charge is 0.462 e. The first-order chi connectivity index (χ1) is 11.4. The molecule has 1 N–H and O–H groups in total. The fourth-order valence-electron chi connectivity index (χ4n) is 6.10. The molecule has 6 atom stereocenters. The molecular weight excluding hydrogens is 308 g/mol. The number of fused-ring (bicyclic) bond motifs is 4. The minimum Gasteiger partial charge on any atom is -0.462 e. The van der Waals surface area contributed by atoms with Crippen molar-refractivity contribution in [2.24, 2.45) is 23.2 Å².